The highest BCUT2D eigenvalue weighted by atomic mass is 32.2. The highest BCUT2D eigenvalue weighted by molar-refractivity contribution is 8.00. The molecule has 0 aromatic heterocycles. The SMILES string of the molecule is CS(=O)(=O)C1CSCCN1C(=O)CC1(N)CCCC1. The standard InChI is InChI=1S/C12H22N2O3S2/c1-19(16,17)11-9-18-7-6-14(11)10(15)8-12(13)4-2-3-5-12/h11H,2-9,13H2,1H3. The molecular weight excluding hydrogens is 284 g/mol. The Bertz CT molecular complexity index is 444. The largest absolute Gasteiger partial charge is 0.325 e. The Hall–Kier alpha value is -0.270. The van der Waals surface area contributed by atoms with Crippen LogP contribution in [0.25, 0.3) is 0 Å². The van der Waals surface area contributed by atoms with Crippen molar-refractivity contribution >= 4 is 27.5 Å². The highest BCUT2D eigenvalue weighted by Crippen LogP contribution is 2.31. The molecular formula is C12H22N2O3S2. The molecule has 1 saturated heterocycles. The molecule has 0 bridgehead atoms. The number of rotatable bonds is 3. The highest BCUT2D eigenvalue weighted by Gasteiger charge is 2.38. The summed E-state index contributed by atoms with van der Waals surface area (Å²) in [5.74, 6) is 1.18. The van der Waals surface area contributed by atoms with Crippen molar-refractivity contribution in [1.82, 2.24) is 4.90 Å². The van der Waals surface area contributed by atoms with E-state index in [4.69, 9.17) is 5.73 Å². The van der Waals surface area contributed by atoms with Gasteiger partial charge in [-0.05, 0) is 12.8 Å². The lowest BCUT2D eigenvalue weighted by atomic mass is 9.94. The topological polar surface area (TPSA) is 80.5 Å². The molecule has 1 unspecified atom stereocenters. The predicted octanol–water partition coefficient (Wildman–Crippen LogP) is 0.594. The van der Waals surface area contributed by atoms with Gasteiger partial charge < -0.3 is 10.6 Å². The Kier molecular flexibility index (Phi) is 4.47. The van der Waals surface area contributed by atoms with E-state index in [9.17, 15) is 13.2 Å². The van der Waals surface area contributed by atoms with Crippen molar-refractivity contribution in [3.05, 3.63) is 0 Å². The summed E-state index contributed by atoms with van der Waals surface area (Å²) in [5, 5.41) is -0.677. The number of nitrogens with zero attached hydrogens (tertiary/aromatic N) is 1. The fourth-order valence-electron chi connectivity index (χ4n) is 2.88. The first-order valence-corrected chi connectivity index (χ1v) is 9.78. The smallest absolute Gasteiger partial charge is 0.225 e. The summed E-state index contributed by atoms with van der Waals surface area (Å²) < 4.78 is 23.6. The molecule has 1 heterocycles. The number of nitrogens with two attached hydrogens (primary N) is 1. The Morgan fingerprint density at radius 1 is 1.42 bits per heavy atom. The lowest BCUT2D eigenvalue weighted by Gasteiger charge is -2.36. The molecule has 0 spiro atoms. The average Bonchev–Trinajstić information content (AvgIpc) is 2.74. The Labute approximate surface area is 119 Å². The third-order valence-corrected chi connectivity index (χ3v) is 6.65. The average molecular weight is 306 g/mol. The van der Waals surface area contributed by atoms with Crippen molar-refractivity contribution in [3.63, 3.8) is 0 Å². The Balaban J connectivity index is 2.07. The fraction of sp³-hybridized carbons (Fsp3) is 0.917. The molecule has 1 atom stereocenters. The molecule has 2 fully saturated rings. The van der Waals surface area contributed by atoms with Gasteiger partial charge in [0.2, 0.25) is 5.91 Å². The van der Waals surface area contributed by atoms with Crippen molar-refractivity contribution in [1.29, 1.82) is 0 Å². The predicted molar refractivity (Wildman–Crippen MR) is 77.7 cm³/mol. The molecule has 110 valence electrons. The van der Waals surface area contributed by atoms with Crippen LogP contribution in [0.5, 0.6) is 0 Å². The van der Waals surface area contributed by atoms with Crippen LogP contribution >= 0.6 is 11.8 Å². The molecule has 1 aliphatic carbocycles. The van der Waals surface area contributed by atoms with Crippen molar-refractivity contribution in [2.45, 2.75) is 43.0 Å². The van der Waals surface area contributed by atoms with Gasteiger partial charge >= 0.3 is 0 Å². The summed E-state index contributed by atoms with van der Waals surface area (Å²) in [5.41, 5.74) is 5.81. The second kappa shape index (κ2) is 5.61. The summed E-state index contributed by atoms with van der Waals surface area (Å²) >= 11 is 1.59. The number of hydrogen-bond donors (Lipinski definition) is 1. The molecule has 1 aliphatic heterocycles. The Morgan fingerprint density at radius 2 is 2.05 bits per heavy atom. The van der Waals surface area contributed by atoms with Crippen LogP contribution in [0.1, 0.15) is 32.1 Å². The zero-order chi connectivity index (χ0) is 14.1. The van der Waals surface area contributed by atoms with Crippen LogP contribution in [0.4, 0.5) is 0 Å². The molecule has 7 heteroatoms. The summed E-state index contributed by atoms with van der Waals surface area (Å²) in [4.78, 5) is 13.9. The third kappa shape index (κ3) is 3.64. The van der Waals surface area contributed by atoms with Gasteiger partial charge in [0.05, 0.1) is 0 Å². The second-order valence-electron chi connectivity index (χ2n) is 5.69. The van der Waals surface area contributed by atoms with Crippen molar-refractivity contribution < 1.29 is 13.2 Å². The van der Waals surface area contributed by atoms with E-state index >= 15 is 0 Å². The van der Waals surface area contributed by atoms with Gasteiger partial charge in [0.15, 0.2) is 9.84 Å². The molecule has 5 nitrogen and oxygen atoms in total. The van der Waals surface area contributed by atoms with Gasteiger partial charge in [-0.15, -0.1) is 0 Å². The zero-order valence-electron chi connectivity index (χ0n) is 11.3. The van der Waals surface area contributed by atoms with Crippen molar-refractivity contribution in [2.24, 2.45) is 5.73 Å². The number of carbonyl (C=O) groups excluding carboxylic acids is 1. The molecule has 2 aliphatic rings. The summed E-state index contributed by atoms with van der Waals surface area (Å²) in [6.07, 6.45) is 5.35. The van der Waals surface area contributed by atoms with Gasteiger partial charge in [-0.25, -0.2) is 8.42 Å². The first-order valence-electron chi connectivity index (χ1n) is 6.67. The minimum absolute atomic E-state index is 0.0971. The van der Waals surface area contributed by atoms with Crippen LogP contribution in [0.15, 0.2) is 0 Å². The van der Waals surface area contributed by atoms with Gasteiger partial charge in [-0.1, -0.05) is 12.8 Å². The molecule has 2 N–H and O–H groups in total. The van der Waals surface area contributed by atoms with Crippen LogP contribution in [-0.2, 0) is 14.6 Å². The van der Waals surface area contributed by atoms with Crippen molar-refractivity contribution in [3.8, 4) is 0 Å². The zero-order valence-corrected chi connectivity index (χ0v) is 12.9. The molecule has 0 aromatic rings. The normalized spacial score (nSPS) is 27.5. The monoisotopic (exact) mass is 306 g/mol. The summed E-state index contributed by atoms with van der Waals surface area (Å²) in [6.45, 7) is 0.511. The van der Waals surface area contributed by atoms with Gasteiger partial charge in [0, 0.05) is 36.3 Å². The van der Waals surface area contributed by atoms with E-state index < -0.39 is 20.8 Å². The van der Waals surface area contributed by atoms with Crippen LogP contribution < -0.4 is 5.73 Å². The number of hydrogen-bond acceptors (Lipinski definition) is 5. The summed E-state index contributed by atoms with van der Waals surface area (Å²) in [6, 6.07) is 0. The minimum atomic E-state index is -3.23. The third-order valence-electron chi connectivity index (χ3n) is 4.00. The lowest BCUT2D eigenvalue weighted by Crippen LogP contribution is -2.52. The lowest BCUT2D eigenvalue weighted by molar-refractivity contribution is -0.132. The molecule has 0 aromatic carbocycles. The van der Waals surface area contributed by atoms with E-state index in [1.54, 1.807) is 11.8 Å². The van der Waals surface area contributed by atoms with E-state index in [0.29, 0.717) is 12.3 Å². The maximum Gasteiger partial charge on any atom is 0.225 e. The quantitative estimate of drug-likeness (QED) is 0.825. The molecule has 1 amide bonds. The molecule has 0 radical (unpaired) electrons. The number of carbonyl (C=O) groups is 1. The van der Waals surface area contributed by atoms with Gasteiger partial charge in [0.1, 0.15) is 5.37 Å². The number of sulfone groups is 1. The molecule has 2 rings (SSSR count). The first kappa shape index (κ1) is 15.1. The van der Waals surface area contributed by atoms with Crippen LogP contribution in [0.3, 0.4) is 0 Å². The summed E-state index contributed by atoms with van der Waals surface area (Å²) in [7, 11) is -3.23. The van der Waals surface area contributed by atoms with Crippen LogP contribution in [0, 0.1) is 0 Å². The second-order valence-corrected chi connectivity index (χ2v) is 9.05. The van der Waals surface area contributed by atoms with Gasteiger partial charge in [0.25, 0.3) is 0 Å². The fourth-order valence-corrected chi connectivity index (χ4v) is 5.72. The van der Waals surface area contributed by atoms with Gasteiger partial charge in [-0.2, -0.15) is 11.8 Å². The first-order chi connectivity index (χ1) is 8.82. The number of thioether (sulfide) groups is 1. The maximum absolute atomic E-state index is 12.4. The maximum atomic E-state index is 12.4. The van der Waals surface area contributed by atoms with E-state index in [0.717, 1.165) is 31.4 Å². The Morgan fingerprint density at radius 3 is 2.63 bits per heavy atom. The van der Waals surface area contributed by atoms with Crippen molar-refractivity contribution in [2.75, 3.05) is 24.3 Å². The van der Waals surface area contributed by atoms with E-state index in [1.807, 2.05) is 0 Å². The van der Waals surface area contributed by atoms with Gasteiger partial charge in [-0.3, -0.25) is 4.79 Å². The van der Waals surface area contributed by atoms with E-state index in [2.05, 4.69) is 0 Å². The molecule has 1 saturated carbocycles. The number of amides is 1. The van der Waals surface area contributed by atoms with E-state index in [-0.39, 0.29) is 12.3 Å². The van der Waals surface area contributed by atoms with Crippen LogP contribution in [-0.4, -0.2) is 54.4 Å². The van der Waals surface area contributed by atoms with E-state index in [1.165, 1.54) is 11.2 Å². The van der Waals surface area contributed by atoms with Crippen LogP contribution in [0.2, 0.25) is 0 Å². The minimum Gasteiger partial charge on any atom is -0.325 e. The molecule has 19 heavy (non-hydrogen) atoms.